The van der Waals surface area contributed by atoms with Crippen LogP contribution in [0.1, 0.15) is 22.8 Å². The van der Waals surface area contributed by atoms with Gasteiger partial charge in [-0.05, 0) is 42.8 Å². The molecule has 0 bridgehead atoms. The standard InChI is InChI=1S/C22H18FN3O5/c1-12(22(30)31)24-20(28)16-10-18-19(27)15-4-2-3-5-17(15)26(18)25(21(16)29)11-13-6-8-14(23)9-7-13/h2-10,12,27H,11H2,1H3,(H,24,28)(H,30,31)/t12-/m0/s1. The van der Waals surface area contributed by atoms with Gasteiger partial charge < -0.3 is 15.5 Å². The first kappa shape index (κ1) is 20.1. The van der Waals surface area contributed by atoms with Crippen molar-refractivity contribution in [3.63, 3.8) is 0 Å². The minimum absolute atomic E-state index is 0.0106. The van der Waals surface area contributed by atoms with Gasteiger partial charge in [0.1, 0.15) is 22.9 Å². The van der Waals surface area contributed by atoms with Crippen LogP contribution in [0.2, 0.25) is 0 Å². The third-order valence-electron chi connectivity index (χ3n) is 5.05. The van der Waals surface area contributed by atoms with Gasteiger partial charge in [0.05, 0.1) is 12.1 Å². The van der Waals surface area contributed by atoms with Gasteiger partial charge in [-0.25, -0.2) is 13.6 Å². The van der Waals surface area contributed by atoms with Crippen LogP contribution in [-0.2, 0) is 11.3 Å². The molecular formula is C22H18FN3O5. The number of hydrogen-bond donors (Lipinski definition) is 3. The number of aromatic nitrogens is 2. The van der Waals surface area contributed by atoms with Crippen LogP contribution in [0.15, 0.2) is 59.4 Å². The summed E-state index contributed by atoms with van der Waals surface area (Å²) in [4.78, 5) is 37.0. The van der Waals surface area contributed by atoms with Crippen molar-refractivity contribution in [1.29, 1.82) is 0 Å². The van der Waals surface area contributed by atoms with Crippen LogP contribution in [0.3, 0.4) is 0 Å². The summed E-state index contributed by atoms with van der Waals surface area (Å²) < 4.78 is 16.1. The van der Waals surface area contributed by atoms with Crippen LogP contribution in [0.4, 0.5) is 4.39 Å². The van der Waals surface area contributed by atoms with Gasteiger partial charge in [-0.2, -0.15) is 0 Å². The summed E-state index contributed by atoms with van der Waals surface area (Å²) in [6.45, 7) is 1.27. The second-order valence-electron chi connectivity index (χ2n) is 7.14. The number of halogens is 1. The van der Waals surface area contributed by atoms with Gasteiger partial charge in [0.25, 0.3) is 11.5 Å². The van der Waals surface area contributed by atoms with Gasteiger partial charge >= 0.3 is 5.97 Å². The summed E-state index contributed by atoms with van der Waals surface area (Å²) in [5.41, 5.74) is 0.336. The van der Waals surface area contributed by atoms with E-state index in [9.17, 15) is 23.9 Å². The van der Waals surface area contributed by atoms with Crippen LogP contribution < -0.4 is 10.9 Å². The van der Waals surface area contributed by atoms with Gasteiger partial charge in [0.2, 0.25) is 0 Å². The maximum Gasteiger partial charge on any atom is 0.325 e. The van der Waals surface area contributed by atoms with Crippen molar-refractivity contribution < 1.29 is 24.2 Å². The number of aliphatic carboxylic acids is 1. The van der Waals surface area contributed by atoms with E-state index in [1.165, 1.54) is 46.5 Å². The van der Waals surface area contributed by atoms with Gasteiger partial charge in [-0.15, -0.1) is 0 Å². The van der Waals surface area contributed by atoms with Crippen LogP contribution in [0.25, 0.3) is 16.4 Å². The van der Waals surface area contributed by atoms with Crippen LogP contribution in [0, 0.1) is 5.82 Å². The number of carbonyl (C=O) groups is 2. The van der Waals surface area contributed by atoms with E-state index >= 15 is 0 Å². The van der Waals surface area contributed by atoms with Crippen LogP contribution in [0.5, 0.6) is 5.75 Å². The summed E-state index contributed by atoms with van der Waals surface area (Å²) >= 11 is 0. The highest BCUT2D eigenvalue weighted by molar-refractivity contribution is 6.00. The molecule has 2 heterocycles. The van der Waals surface area contributed by atoms with Crippen molar-refractivity contribution >= 4 is 28.3 Å². The van der Waals surface area contributed by atoms with E-state index in [2.05, 4.69) is 5.32 Å². The maximum absolute atomic E-state index is 13.3. The zero-order chi connectivity index (χ0) is 22.3. The number of nitrogens with one attached hydrogen (secondary N) is 1. The molecule has 158 valence electrons. The molecule has 3 N–H and O–H groups in total. The molecular weight excluding hydrogens is 405 g/mol. The summed E-state index contributed by atoms with van der Waals surface area (Å²) in [5.74, 6) is -2.68. The fraction of sp³-hybridized carbons (Fsp3) is 0.136. The van der Waals surface area contributed by atoms with Gasteiger partial charge in [0, 0.05) is 5.39 Å². The fourth-order valence-corrected chi connectivity index (χ4v) is 3.45. The Bertz CT molecular complexity index is 1390. The molecule has 9 heteroatoms. The Morgan fingerprint density at radius 2 is 1.77 bits per heavy atom. The second kappa shape index (κ2) is 7.60. The first-order valence-corrected chi connectivity index (χ1v) is 9.42. The van der Waals surface area contributed by atoms with Gasteiger partial charge in [0.15, 0.2) is 5.75 Å². The number of carbonyl (C=O) groups excluding carboxylic acids is 1. The van der Waals surface area contributed by atoms with E-state index in [1.807, 2.05) is 0 Å². The van der Waals surface area contributed by atoms with E-state index in [4.69, 9.17) is 5.11 Å². The predicted molar refractivity (Wildman–Crippen MR) is 111 cm³/mol. The summed E-state index contributed by atoms with van der Waals surface area (Å²) in [7, 11) is 0. The van der Waals surface area contributed by atoms with Crippen LogP contribution in [-0.4, -0.2) is 37.3 Å². The number of benzene rings is 2. The molecule has 0 aliphatic rings. The monoisotopic (exact) mass is 423 g/mol. The molecule has 0 spiro atoms. The number of fused-ring (bicyclic) bond motifs is 3. The highest BCUT2D eigenvalue weighted by Gasteiger charge is 2.23. The normalized spacial score (nSPS) is 12.2. The smallest absolute Gasteiger partial charge is 0.325 e. The molecule has 1 atom stereocenters. The molecule has 4 aromatic rings. The lowest BCUT2D eigenvalue weighted by atomic mass is 10.2. The van der Waals surface area contributed by atoms with Gasteiger partial charge in [-0.1, -0.05) is 24.3 Å². The molecule has 0 radical (unpaired) electrons. The third kappa shape index (κ3) is 3.50. The average molecular weight is 423 g/mol. The molecule has 0 aliphatic heterocycles. The number of rotatable bonds is 5. The quantitative estimate of drug-likeness (QED) is 0.456. The van der Waals surface area contributed by atoms with Crippen molar-refractivity contribution in [3.8, 4) is 5.75 Å². The third-order valence-corrected chi connectivity index (χ3v) is 5.05. The van der Waals surface area contributed by atoms with Crippen LogP contribution >= 0.6 is 0 Å². The minimum Gasteiger partial charge on any atom is -0.505 e. The maximum atomic E-state index is 13.3. The first-order chi connectivity index (χ1) is 14.8. The molecule has 2 aromatic heterocycles. The van der Waals surface area contributed by atoms with Crippen molar-refractivity contribution in [2.24, 2.45) is 0 Å². The number of nitrogens with zero attached hydrogens (tertiary/aromatic N) is 2. The molecule has 31 heavy (non-hydrogen) atoms. The lowest BCUT2D eigenvalue weighted by molar-refractivity contribution is -0.138. The summed E-state index contributed by atoms with van der Waals surface area (Å²) in [5, 5.41) is 22.5. The molecule has 0 aliphatic carbocycles. The molecule has 0 saturated heterocycles. The molecule has 2 aromatic carbocycles. The highest BCUT2D eigenvalue weighted by Crippen LogP contribution is 2.32. The minimum atomic E-state index is -1.25. The summed E-state index contributed by atoms with van der Waals surface area (Å²) in [6.07, 6.45) is 0. The van der Waals surface area contributed by atoms with Crippen molar-refractivity contribution in [2.75, 3.05) is 0 Å². The molecule has 0 saturated carbocycles. The zero-order valence-electron chi connectivity index (χ0n) is 16.4. The molecule has 1 amide bonds. The average Bonchev–Trinajstić information content (AvgIpc) is 3.03. The number of aromatic hydroxyl groups is 1. The lowest BCUT2D eigenvalue weighted by Gasteiger charge is -2.15. The Labute approximate surface area is 174 Å². The Hall–Kier alpha value is -4.14. The first-order valence-electron chi connectivity index (χ1n) is 9.42. The largest absolute Gasteiger partial charge is 0.505 e. The van der Waals surface area contributed by atoms with Gasteiger partial charge in [-0.3, -0.25) is 14.4 Å². The molecule has 0 fully saturated rings. The van der Waals surface area contributed by atoms with E-state index in [0.717, 1.165) is 0 Å². The number of amides is 1. The van der Waals surface area contributed by atoms with Crippen molar-refractivity contribution in [2.45, 2.75) is 19.5 Å². The second-order valence-corrected chi connectivity index (χ2v) is 7.14. The molecule has 4 rings (SSSR count). The Balaban J connectivity index is 1.97. The molecule has 0 unspecified atom stereocenters. The Morgan fingerprint density at radius 3 is 2.45 bits per heavy atom. The predicted octanol–water partition coefficient (Wildman–Crippen LogP) is 2.35. The number of hydrogen-bond acceptors (Lipinski definition) is 4. The Kier molecular flexibility index (Phi) is 4.94. The molecule has 8 nitrogen and oxygen atoms in total. The van der Waals surface area contributed by atoms with E-state index in [1.54, 1.807) is 24.3 Å². The van der Waals surface area contributed by atoms with E-state index in [0.29, 0.717) is 16.5 Å². The van der Waals surface area contributed by atoms with E-state index < -0.39 is 29.3 Å². The lowest BCUT2D eigenvalue weighted by Crippen LogP contribution is -2.42. The number of carboxylic acids is 1. The SMILES string of the molecule is C[C@H](NC(=O)c1cc2c(O)c3ccccc3n2n(Cc2ccc(F)cc2)c1=O)C(=O)O. The highest BCUT2D eigenvalue weighted by atomic mass is 19.1. The van der Waals surface area contributed by atoms with Crippen molar-refractivity contribution in [3.05, 3.63) is 81.9 Å². The fourth-order valence-electron chi connectivity index (χ4n) is 3.45. The Morgan fingerprint density at radius 1 is 1.10 bits per heavy atom. The number of carboxylic acid groups (broad SMARTS) is 1. The summed E-state index contributed by atoms with van der Waals surface area (Å²) in [6, 6.07) is 12.4. The van der Waals surface area contributed by atoms with Crippen molar-refractivity contribution in [1.82, 2.24) is 14.5 Å². The topological polar surface area (TPSA) is 113 Å². The van der Waals surface area contributed by atoms with E-state index in [-0.39, 0.29) is 23.4 Å². The zero-order valence-corrected chi connectivity index (χ0v) is 16.4. The number of para-hydroxylation sites is 1.